The highest BCUT2D eigenvalue weighted by atomic mass is 16.7. The van der Waals surface area contributed by atoms with Crippen LogP contribution in [0.15, 0.2) is 42.5 Å². The molecule has 0 radical (unpaired) electrons. The molecule has 158 valence electrons. The van der Waals surface area contributed by atoms with E-state index in [1.165, 1.54) is 32.1 Å². The van der Waals surface area contributed by atoms with Crippen molar-refractivity contribution in [3.05, 3.63) is 53.6 Å². The van der Waals surface area contributed by atoms with Gasteiger partial charge in [-0.1, -0.05) is 19.3 Å². The van der Waals surface area contributed by atoms with Crippen LogP contribution in [0.4, 0.5) is 5.69 Å². The number of nitrogens with zero attached hydrogens (tertiary/aromatic N) is 1. The van der Waals surface area contributed by atoms with E-state index in [0.29, 0.717) is 34.2 Å². The third kappa shape index (κ3) is 4.27. The normalized spacial score (nSPS) is 16.7. The number of nitrogens with one attached hydrogen (secondary N) is 1. The van der Waals surface area contributed by atoms with E-state index in [4.69, 9.17) is 9.47 Å². The lowest BCUT2D eigenvalue weighted by atomic mass is 9.84. The van der Waals surface area contributed by atoms with Gasteiger partial charge in [0, 0.05) is 29.9 Å². The van der Waals surface area contributed by atoms with Gasteiger partial charge in [-0.2, -0.15) is 0 Å². The Morgan fingerprint density at radius 1 is 0.967 bits per heavy atom. The Balaban J connectivity index is 1.38. The highest BCUT2D eigenvalue weighted by Gasteiger charge is 2.26. The molecule has 0 unspecified atom stereocenters. The van der Waals surface area contributed by atoms with Crippen LogP contribution in [0.3, 0.4) is 0 Å². The Kier molecular flexibility index (Phi) is 5.93. The summed E-state index contributed by atoms with van der Waals surface area (Å²) in [5.74, 6) is 1.56. The average Bonchev–Trinajstić information content (AvgIpc) is 3.26. The van der Waals surface area contributed by atoms with Crippen LogP contribution in [0.2, 0.25) is 0 Å². The quantitative estimate of drug-likeness (QED) is 0.778. The van der Waals surface area contributed by atoms with Gasteiger partial charge in [0.05, 0.1) is 0 Å². The summed E-state index contributed by atoms with van der Waals surface area (Å²) in [7, 11) is 1.89. The van der Waals surface area contributed by atoms with Crippen molar-refractivity contribution in [2.75, 3.05) is 19.2 Å². The minimum atomic E-state index is -0.240. The number of hydrogen-bond donors (Lipinski definition) is 1. The van der Waals surface area contributed by atoms with Crippen LogP contribution in [0.25, 0.3) is 0 Å². The van der Waals surface area contributed by atoms with Crippen molar-refractivity contribution in [2.45, 2.75) is 45.1 Å². The average molecular weight is 408 g/mol. The summed E-state index contributed by atoms with van der Waals surface area (Å²) in [5.41, 5.74) is 1.75. The van der Waals surface area contributed by atoms with Crippen LogP contribution >= 0.6 is 0 Å². The summed E-state index contributed by atoms with van der Waals surface area (Å²) in [6.07, 6.45) is 6.22. The predicted octanol–water partition coefficient (Wildman–Crippen LogP) is 4.71. The van der Waals surface area contributed by atoms with Crippen molar-refractivity contribution in [1.82, 2.24) is 4.90 Å². The van der Waals surface area contributed by atoms with Crippen molar-refractivity contribution in [1.29, 1.82) is 0 Å². The molecule has 0 aromatic heterocycles. The number of rotatable bonds is 5. The molecule has 2 aliphatic rings. The first-order valence-electron chi connectivity index (χ1n) is 10.6. The lowest BCUT2D eigenvalue weighted by Crippen LogP contribution is -2.40. The van der Waals surface area contributed by atoms with Crippen LogP contribution in [0, 0.1) is 5.92 Å². The maximum absolute atomic E-state index is 12.9. The van der Waals surface area contributed by atoms with Crippen LogP contribution in [0.5, 0.6) is 11.5 Å². The third-order valence-corrected chi connectivity index (χ3v) is 6.29. The second-order valence-electron chi connectivity index (χ2n) is 8.15. The molecule has 4 rings (SSSR count). The zero-order valence-electron chi connectivity index (χ0n) is 17.5. The number of carbonyl (C=O) groups excluding carboxylic acids is 2. The smallest absolute Gasteiger partial charge is 0.255 e. The summed E-state index contributed by atoms with van der Waals surface area (Å²) < 4.78 is 10.6. The Morgan fingerprint density at radius 3 is 2.37 bits per heavy atom. The first-order valence-corrected chi connectivity index (χ1v) is 10.6. The van der Waals surface area contributed by atoms with Gasteiger partial charge in [-0.3, -0.25) is 9.59 Å². The molecule has 1 heterocycles. The molecule has 1 saturated carbocycles. The number of ether oxygens (including phenoxy) is 2. The number of amides is 2. The fourth-order valence-corrected chi connectivity index (χ4v) is 4.26. The molecule has 0 bridgehead atoms. The molecule has 1 atom stereocenters. The number of anilines is 1. The minimum absolute atomic E-state index is 0.0155. The standard InChI is InChI=1S/C24H28N2O4/c1-16(17-6-4-3-5-7-17)26(2)24(28)18-8-11-20(12-9-18)25-23(27)19-10-13-21-22(14-19)30-15-29-21/h8-14,16-17H,3-7,15H2,1-2H3,(H,25,27)/t16-/m1/s1. The van der Waals surface area contributed by atoms with E-state index < -0.39 is 0 Å². The third-order valence-electron chi connectivity index (χ3n) is 6.29. The van der Waals surface area contributed by atoms with Crippen LogP contribution < -0.4 is 14.8 Å². The van der Waals surface area contributed by atoms with E-state index in [1.807, 2.05) is 11.9 Å². The van der Waals surface area contributed by atoms with E-state index >= 15 is 0 Å². The maximum atomic E-state index is 12.9. The van der Waals surface area contributed by atoms with Crippen molar-refractivity contribution in [3.63, 3.8) is 0 Å². The molecule has 6 heteroatoms. The van der Waals surface area contributed by atoms with Gasteiger partial charge in [0.15, 0.2) is 11.5 Å². The monoisotopic (exact) mass is 408 g/mol. The molecule has 30 heavy (non-hydrogen) atoms. The second-order valence-corrected chi connectivity index (χ2v) is 8.15. The minimum Gasteiger partial charge on any atom is -0.454 e. The van der Waals surface area contributed by atoms with E-state index in [-0.39, 0.29) is 24.6 Å². The molecule has 1 fully saturated rings. The zero-order chi connectivity index (χ0) is 21.1. The lowest BCUT2D eigenvalue weighted by Gasteiger charge is -2.34. The Hall–Kier alpha value is -3.02. The van der Waals surface area contributed by atoms with Crippen molar-refractivity contribution in [2.24, 2.45) is 5.92 Å². The van der Waals surface area contributed by atoms with Gasteiger partial charge in [0.2, 0.25) is 6.79 Å². The number of benzene rings is 2. The molecular weight excluding hydrogens is 380 g/mol. The number of fused-ring (bicyclic) bond motifs is 1. The number of hydrogen-bond acceptors (Lipinski definition) is 4. The van der Waals surface area contributed by atoms with Crippen molar-refractivity contribution < 1.29 is 19.1 Å². The molecule has 1 N–H and O–H groups in total. The highest BCUT2D eigenvalue weighted by Crippen LogP contribution is 2.33. The SMILES string of the molecule is C[C@H](C1CCCCC1)N(C)C(=O)c1ccc(NC(=O)c2ccc3c(c2)OCO3)cc1. The van der Waals surface area contributed by atoms with Gasteiger partial charge in [-0.15, -0.1) is 0 Å². The van der Waals surface area contributed by atoms with Crippen molar-refractivity contribution >= 4 is 17.5 Å². The molecule has 0 saturated heterocycles. The van der Waals surface area contributed by atoms with E-state index in [9.17, 15) is 9.59 Å². The van der Waals surface area contributed by atoms with Gasteiger partial charge in [0.25, 0.3) is 11.8 Å². The molecule has 2 aromatic rings. The summed E-state index contributed by atoms with van der Waals surface area (Å²) in [4.78, 5) is 27.3. The molecule has 1 aliphatic carbocycles. The first kappa shape index (κ1) is 20.3. The van der Waals surface area contributed by atoms with Gasteiger partial charge in [-0.25, -0.2) is 0 Å². The highest BCUT2D eigenvalue weighted by molar-refractivity contribution is 6.05. The van der Waals surface area contributed by atoms with Gasteiger partial charge in [0.1, 0.15) is 0 Å². The van der Waals surface area contributed by atoms with Gasteiger partial charge < -0.3 is 19.7 Å². The molecule has 0 spiro atoms. The largest absolute Gasteiger partial charge is 0.454 e. The first-order chi connectivity index (χ1) is 14.5. The topological polar surface area (TPSA) is 67.9 Å². The molecule has 6 nitrogen and oxygen atoms in total. The van der Waals surface area contributed by atoms with Crippen molar-refractivity contribution in [3.8, 4) is 11.5 Å². The fourth-order valence-electron chi connectivity index (χ4n) is 4.26. The maximum Gasteiger partial charge on any atom is 0.255 e. The van der Waals surface area contributed by atoms with E-state index in [1.54, 1.807) is 42.5 Å². The number of carbonyl (C=O) groups is 2. The summed E-state index contributed by atoms with van der Waals surface area (Å²) in [5, 5.41) is 2.86. The Morgan fingerprint density at radius 2 is 1.63 bits per heavy atom. The van der Waals surface area contributed by atoms with Crippen LogP contribution in [0.1, 0.15) is 59.7 Å². The van der Waals surface area contributed by atoms with Gasteiger partial charge >= 0.3 is 0 Å². The van der Waals surface area contributed by atoms with Crippen LogP contribution in [-0.2, 0) is 0 Å². The molecule has 2 aromatic carbocycles. The summed E-state index contributed by atoms with van der Waals surface area (Å²) in [6, 6.07) is 12.4. The lowest BCUT2D eigenvalue weighted by molar-refractivity contribution is 0.0665. The Bertz CT molecular complexity index is 919. The van der Waals surface area contributed by atoms with E-state index in [2.05, 4.69) is 12.2 Å². The Labute approximate surface area is 177 Å². The predicted molar refractivity (Wildman–Crippen MR) is 115 cm³/mol. The second kappa shape index (κ2) is 8.78. The molecule has 1 aliphatic heterocycles. The van der Waals surface area contributed by atoms with E-state index in [0.717, 1.165) is 0 Å². The zero-order valence-corrected chi connectivity index (χ0v) is 17.5. The van der Waals surface area contributed by atoms with Gasteiger partial charge in [-0.05, 0) is 68.1 Å². The molecule has 2 amide bonds. The summed E-state index contributed by atoms with van der Waals surface area (Å²) >= 11 is 0. The molecular formula is C24H28N2O4. The van der Waals surface area contributed by atoms with Crippen LogP contribution in [-0.4, -0.2) is 36.6 Å². The fraction of sp³-hybridized carbons (Fsp3) is 0.417. The summed E-state index contributed by atoms with van der Waals surface area (Å²) in [6.45, 7) is 2.32.